The Labute approximate surface area is 118 Å². The number of carboxylic acid groups (broad SMARTS) is 1. The highest BCUT2D eigenvalue weighted by molar-refractivity contribution is 5.86. The lowest BCUT2D eigenvalue weighted by Gasteiger charge is -2.20. The van der Waals surface area contributed by atoms with Crippen LogP contribution in [0.25, 0.3) is 11.3 Å². The Kier molecular flexibility index (Phi) is 3.57. The van der Waals surface area contributed by atoms with Gasteiger partial charge in [0.15, 0.2) is 5.69 Å². The third-order valence-corrected chi connectivity index (χ3v) is 3.25. The normalized spacial score (nSPS) is 11.4. The summed E-state index contributed by atoms with van der Waals surface area (Å²) in [6, 6.07) is 7.67. The van der Waals surface area contributed by atoms with Crippen LogP contribution >= 0.6 is 0 Å². The van der Waals surface area contributed by atoms with Crippen LogP contribution in [0.4, 0.5) is 0 Å². The second-order valence-corrected chi connectivity index (χ2v) is 5.87. The van der Waals surface area contributed by atoms with Crippen molar-refractivity contribution in [1.29, 1.82) is 0 Å². The summed E-state index contributed by atoms with van der Waals surface area (Å²) in [6.45, 7) is 8.49. The Morgan fingerprint density at radius 1 is 1.15 bits per heavy atom. The molecule has 0 atom stereocenters. The van der Waals surface area contributed by atoms with Crippen LogP contribution in [0, 0.1) is 6.92 Å². The molecule has 1 heterocycles. The average molecular weight is 270 g/mol. The number of carbonyl (C=O) groups is 1. The predicted molar refractivity (Wildman–Crippen MR) is 77.9 cm³/mol. The Bertz CT molecular complexity index is 658. The lowest BCUT2D eigenvalue weighted by molar-refractivity contribution is 0.0690. The number of nitrogens with zero attached hydrogens (tertiary/aromatic N) is 2. The van der Waals surface area contributed by atoms with E-state index in [1.165, 1.54) is 18.0 Å². The topological polar surface area (TPSA) is 63.1 Å². The van der Waals surface area contributed by atoms with E-state index in [1.807, 2.05) is 13.0 Å². The fourth-order valence-electron chi connectivity index (χ4n) is 2.04. The number of rotatable bonds is 2. The minimum Gasteiger partial charge on any atom is -0.477 e. The fraction of sp³-hybridized carbons (Fsp3) is 0.312. The van der Waals surface area contributed by atoms with Crippen molar-refractivity contribution < 1.29 is 9.90 Å². The molecule has 0 amide bonds. The number of aromatic carboxylic acids is 1. The zero-order valence-corrected chi connectivity index (χ0v) is 12.1. The van der Waals surface area contributed by atoms with E-state index >= 15 is 0 Å². The first-order valence-electron chi connectivity index (χ1n) is 6.46. The van der Waals surface area contributed by atoms with Gasteiger partial charge in [-0.3, -0.25) is 0 Å². The van der Waals surface area contributed by atoms with E-state index in [2.05, 4.69) is 42.9 Å². The van der Waals surface area contributed by atoms with Crippen LogP contribution in [0.3, 0.4) is 0 Å². The average Bonchev–Trinajstić information content (AvgIpc) is 2.37. The van der Waals surface area contributed by atoms with Gasteiger partial charge in [0.25, 0.3) is 0 Å². The molecule has 0 aliphatic heterocycles. The van der Waals surface area contributed by atoms with E-state index in [4.69, 9.17) is 5.11 Å². The Morgan fingerprint density at radius 3 is 2.40 bits per heavy atom. The highest BCUT2D eigenvalue weighted by Gasteiger charge is 2.15. The van der Waals surface area contributed by atoms with Gasteiger partial charge in [-0.2, -0.15) is 0 Å². The summed E-state index contributed by atoms with van der Waals surface area (Å²) in [4.78, 5) is 18.9. The monoisotopic (exact) mass is 270 g/mol. The van der Waals surface area contributed by atoms with Gasteiger partial charge in [-0.25, -0.2) is 14.8 Å². The minimum absolute atomic E-state index is 0.00861. The lowest BCUT2D eigenvalue weighted by atomic mass is 9.85. The van der Waals surface area contributed by atoms with Crippen LogP contribution in [-0.2, 0) is 5.41 Å². The van der Waals surface area contributed by atoms with Crippen molar-refractivity contribution in [2.24, 2.45) is 0 Å². The fourth-order valence-corrected chi connectivity index (χ4v) is 2.04. The number of hydrogen-bond donors (Lipinski definition) is 1. The van der Waals surface area contributed by atoms with Crippen LogP contribution in [0.1, 0.15) is 42.4 Å². The van der Waals surface area contributed by atoms with E-state index in [1.54, 1.807) is 0 Å². The SMILES string of the molecule is Cc1cc(C(C)(C)C)ccc1-c1cc(C(=O)O)ncn1. The molecule has 0 fully saturated rings. The Hall–Kier alpha value is -2.23. The predicted octanol–water partition coefficient (Wildman–Crippen LogP) is 3.45. The first-order chi connectivity index (χ1) is 9.29. The van der Waals surface area contributed by atoms with Crippen molar-refractivity contribution in [2.75, 3.05) is 0 Å². The molecule has 1 aromatic carbocycles. The second-order valence-electron chi connectivity index (χ2n) is 5.87. The van der Waals surface area contributed by atoms with Crippen molar-refractivity contribution in [1.82, 2.24) is 9.97 Å². The molecule has 4 nitrogen and oxygen atoms in total. The molecule has 1 aromatic heterocycles. The largest absolute Gasteiger partial charge is 0.477 e. The minimum atomic E-state index is -1.04. The number of aryl methyl sites for hydroxylation is 1. The summed E-state index contributed by atoms with van der Waals surface area (Å²) in [7, 11) is 0. The molecule has 4 heteroatoms. The van der Waals surface area contributed by atoms with Gasteiger partial charge in [0.2, 0.25) is 0 Å². The third kappa shape index (κ3) is 2.85. The highest BCUT2D eigenvalue weighted by atomic mass is 16.4. The first kappa shape index (κ1) is 14.2. The summed E-state index contributed by atoms with van der Waals surface area (Å²) < 4.78 is 0. The molecule has 104 valence electrons. The van der Waals surface area contributed by atoms with Gasteiger partial charge in [-0.05, 0) is 29.5 Å². The highest BCUT2D eigenvalue weighted by Crippen LogP contribution is 2.28. The van der Waals surface area contributed by atoms with E-state index in [-0.39, 0.29) is 11.1 Å². The molecule has 0 saturated heterocycles. The van der Waals surface area contributed by atoms with Crippen molar-refractivity contribution in [3.8, 4) is 11.3 Å². The molecular formula is C16H18N2O2. The molecule has 20 heavy (non-hydrogen) atoms. The smallest absolute Gasteiger partial charge is 0.354 e. The second kappa shape index (κ2) is 5.04. The van der Waals surface area contributed by atoms with Gasteiger partial charge in [0, 0.05) is 5.56 Å². The molecule has 0 aliphatic carbocycles. The summed E-state index contributed by atoms with van der Waals surface area (Å²) in [5.74, 6) is -1.04. The van der Waals surface area contributed by atoms with E-state index in [0.717, 1.165) is 11.1 Å². The van der Waals surface area contributed by atoms with Crippen molar-refractivity contribution in [2.45, 2.75) is 33.1 Å². The van der Waals surface area contributed by atoms with E-state index < -0.39 is 5.97 Å². The van der Waals surface area contributed by atoms with Gasteiger partial charge in [-0.15, -0.1) is 0 Å². The standard InChI is InChI=1S/C16H18N2O2/c1-10-7-11(16(2,3)4)5-6-12(10)13-8-14(15(19)20)18-9-17-13/h5-9H,1-4H3,(H,19,20). The number of hydrogen-bond acceptors (Lipinski definition) is 3. The number of carboxylic acids is 1. The maximum absolute atomic E-state index is 11.0. The Balaban J connectivity index is 2.49. The zero-order valence-electron chi connectivity index (χ0n) is 12.1. The van der Waals surface area contributed by atoms with Gasteiger partial charge in [-0.1, -0.05) is 39.0 Å². The molecule has 0 aliphatic rings. The van der Waals surface area contributed by atoms with E-state index in [0.29, 0.717) is 5.69 Å². The number of benzene rings is 1. The summed E-state index contributed by atoms with van der Waals surface area (Å²) >= 11 is 0. The van der Waals surface area contributed by atoms with E-state index in [9.17, 15) is 4.79 Å². The van der Waals surface area contributed by atoms with Crippen LogP contribution in [0.15, 0.2) is 30.6 Å². The van der Waals surface area contributed by atoms with Gasteiger partial charge in [0.05, 0.1) is 5.69 Å². The molecular weight excluding hydrogens is 252 g/mol. The van der Waals surface area contributed by atoms with Gasteiger partial charge < -0.3 is 5.11 Å². The maximum atomic E-state index is 11.0. The molecule has 0 saturated carbocycles. The molecule has 2 rings (SSSR count). The van der Waals surface area contributed by atoms with Gasteiger partial charge in [0.1, 0.15) is 6.33 Å². The van der Waals surface area contributed by atoms with Gasteiger partial charge >= 0.3 is 5.97 Å². The number of aromatic nitrogens is 2. The lowest BCUT2D eigenvalue weighted by Crippen LogP contribution is -2.11. The zero-order chi connectivity index (χ0) is 14.9. The van der Waals surface area contributed by atoms with Crippen molar-refractivity contribution in [3.63, 3.8) is 0 Å². The van der Waals surface area contributed by atoms with Crippen molar-refractivity contribution >= 4 is 5.97 Å². The summed E-state index contributed by atoms with van der Waals surface area (Å²) in [5, 5.41) is 8.99. The molecule has 0 spiro atoms. The van der Waals surface area contributed by atoms with Crippen molar-refractivity contribution in [3.05, 3.63) is 47.4 Å². The van der Waals surface area contributed by atoms with Crippen LogP contribution in [-0.4, -0.2) is 21.0 Å². The first-order valence-corrected chi connectivity index (χ1v) is 6.46. The maximum Gasteiger partial charge on any atom is 0.354 e. The van der Waals surface area contributed by atoms with Crippen LogP contribution < -0.4 is 0 Å². The van der Waals surface area contributed by atoms with Crippen LogP contribution in [0.2, 0.25) is 0 Å². The molecule has 0 unspecified atom stereocenters. The summed E-state index contributed by atoms with van der Waals surface area (Å²) in [5.41, 5.74) is 3.98. The Morgan fingerprint density at radius 2 is 1.85 bits per heavy atom. The molecule has 0 bridgehead atoms. The van der Waals surface area contributed by atoms with Crippen LogP contribution in [0.5, 0.6) is 0 Å². The molecule has 1 N–H and O–H groups in total. The third-order valence-electron chi connectivity index (χ3n) is 3.25. The summed E-state index contributed by atoms with van der Waals surface area (Å²) in [6.07, 6.45) is 1.29. The molecule has 0 radical (unpaired) electrons. The quantitative estimate of drug-likeness (QED) is 0.907. The molecule has 2 aromatic rings.